The van der Waals surface area contributed by atoms with Crippen molar-refractivity contribution in [3.05, 3.63) is 61.7 Å². The number of nitrogens with zero attached hydrogens (tertiary/aromatic N) is 1. The molecule has 0 aliphatic carbocycles. The Morgan fingerprint density at radius 2 is 1.83 bits per heavy atom. The highest BCUT2D eigenvalue weighted by molar-refractivity contribution is 14.1. The summed E-state index contributed by atoms with van der Waals surface area (Å²) in [5.74, 6) is 0.852. The van der Waals surface area contributed by atoms with Gasteiger partial charge in [0, 0.05) is 9.13 Å². The van der Waals surface area contributed by atoms with E-state index in [2.05, 4.69) is 22.6 Å². The molecule has 0 aliphatic rings. The van der Waals surface area contributed by atoms with E-state index in [9.17, 15) is 10.1 Å². The van der Waals surface area contributed by atoms with Crippen molar-refractivity contribution in [2.24, 2.45) is 0 Å². The number of nitro groups is 1. The van der Waals surface area contributed by atoms with Gasteiger partial charge in [0.05, 0.1) is 4.92 Å². The van der Waals surface area contributed by atoms with Gasteiger partial charge in [-0.25, -0.2) is 0 Å². The van der Waals surface area contributed by atoms with Gasteiger partial charge in [0.15, 0.2) is 0 Å². The summed E-state index contributed by atoms with van der Waals surface area (Å²) in [5.41, 5.74) is 0.596. The van der Waals surface area contributed by atoms with Gasteiger partial charge >= 0.3 is 5.69 Å². The molecule has 5 heteroatoms. The molecule has 18 heavy (non-hydrogen) atoms. The van der Waals surface area contributed by atoms with Crippen LogP contribution in [0.25, 0.3) is 0 Å². The SMILES string of the molecule is Cc1cccc(Oc2ccc(I)cc2)c1[N+](=O)[O-]. The van der Waals surface area contributed by atoms with Crippen LogP contribution >= 0.6 is 22.6 Å². The van der Waals surface area contributed by atoms with Crippen LogP contribution in [0.2, 0.25) is 0 Å². The molecule has 0 saturated heterocycles. The van der Waals surface area contributed by atoms with E-state index < -0.39 is 4.92 Å². The number of nitro benzene ring substituents is 1. The van der Waals surface area contributed by atoms with Crippen molar-refractivity contribution in [2.75, 3.05) is 0 Å². The highest BCUT2D eigenvalue weighted by Crippen LogP contribution is 2.33. The van der Waals surface area contributed by atoms with E-state index in [0.717, 1.165) is 3.57 Å². The second-order valence-corrected chi connectivity index (χ2v) is 4.98. The zero-order valence-electron chi connectivity index (χ0n) is 9.59. The minimum absolute atomic E-state index is 0.0102. The third-order valence-corrected chi connectivity index (χ3v) is 3.14. The van der Waals surface area contributed by atoms with Crippen LogP contribution < -0.4 is 4.74 Å². The van der Waals surface area contributed by atoms with Gasteiger partial charge in [-0.3, -0.25) is 10.1 Å². The molecule has 0 fully saturated rings. The van der Waals surface area contributed by atoms with Gasteiger partial charge in [0.2, 0.25) is 5.75 Å². The molecule has 0 spiro atoms. The van der Waals surface area contributed by atoms with E-state index in [0.29, 0.717) is 11.3 Å². The Hall–Kier alpha value is -1.63. The Morgan fingerprint density at radius 3 is 2.44 bits per heavy atom. The van der Waals surface area contributed by atoms with Gasteiger partial charge in [0.25, 0.3) is 0 Å². The van der Waals surface area contributed by atoms with Crippen LogP contribution in [-0.4, -0.2) is 4.92 Å². The smallest absolute Gasteiger partial charge is 0.314 e. The molecule has 2 rings (SSSR count). The minimum Gasteiger partial charge on any atom is -0.450 e. The molecule has 0 heterocycles. The maximum atomic E-state index is 11.0. The number of halogens is 1. The highest BCUT2D eigenvalue weighted by atomic mass is 127. The maximum absolute atomic E-state index is 11.0. The number of benzene rings is 2. The van der Waals surface area contributed by atoms with Crippen LogP contribution in [0.1, 0.15) is 5.56 Å². The molecule has 0 atom stereocenters. The first-order chi connectivity index (χ1) is 8.58. The molecule has 92 valence electrons. The molecular formula is C13H10INO3. The van der Waals surface area contributed by atoms with Crippen molar-refractivity contribution in [1.82, 2.24) is 0 Å². The van der Waals surface area contributed by atoms with Gasteiger partial charge in [-0.05, 0) is 59.8 Å². The molecule has 0 saturated carbocycles. The summed E-state index contributed by atoms with van der Waals surface area (Å²) >= 11 is 2.19. The molecule has 2 aromatic carbocycles. The predicted molar refractivity (Wildman–Crippen MR) is 77.1 cm³/mol. The van der Waals surface area contributed by atoms with Gasteiger partial charge in [-0.15, -0.1) is 0 Å². The summed E-state index contributed by atoms with van der Waals surface area (Å²) in [6.07, 6.45) is 0. The third kappa shape index (κ3) is 2.79. The first-order valence-electron chi connectivity index (χ1n) is 5.25. The summed E-state index contributed by atoms with van der Waals surface area (Å²) in [7, 11) is 0. The summed E-state index contributed by atoms with van der Waals surface area (Å²) < 4.78 is 6.64. The van der Waals surface area contributed by atoms with E-state index >= 15 is 0 Å². The third-order valence-electron chi connectivity index (χ3n) is 2.42. The Labute approximate surface area is 118 Å². The minimum atomic E-state index is -0.419. The van der Waals surface area contributed by atoms with Crippen molar-refractivity contribution in [3.8, 4) is 11.5 Å². The van der Waals surface area contributed by atoms with Gasteiger partial charge < -0.3 is 4.74 Å². The Kier molecular flexibility index (Phi) is 3.81. The number of hydrogen-bond acceptors (Lipinski definition) is 3. The van der Waals surface area contributed by atoms with E-state index in [1.807, 2.05) is 12.1 Å². The molecular weight excluding hydrogens is 345 g/mol. The average molecular weight is 355 g/mol. The lowest BCUT2D eigenvalue weighted by Gasteiger charge is -2.07. The molecule has 0 bridgehead atoms. The van der Waals surface area contributed by atoms with Gasteiger partial charge in [0.1, 0.15) is 5.75 Å². The molecule has 0 amide bonds. The fraction of sp³-hybridized carbons (Fsp3) is 0.0769. The number of para-hydroxylation sites is 1. The Morgan fingerprint density at radius 1 is 1.17 bits per heavy atom. The lowest BCUT2D eigenvalue weighted by molar-refractivity contribution is -0.386. The quantitative estimate of drug-likeness (QED) is 0.469. The van der Waals surface area contributed by atoms with Crippen LogP contribution in [0.3, 0.4) is 0 Å². The molecule has 0 N–H and O–H groups in total. The van der Waals surface area contributed by atoms with Crippen molar-refractivity contribution < 1.29 is 9.66 Å². The van der Waals surface area contributed by atoms with E-state index in [1.165, 1.54) is 0 Å². The summed E-state index contributed by atoms with van der Waals surface area (Å²) in [4.78, 5) is 10.6. The molecule has 0 unspecified atom stereocenters. The van der Waals surface area contributed by atoms with Crippen molar-refractivity contribution >= 4 is 28.3 Å². The summed E-state index contributed by atoms with van der Waals surface area (Å²) in [5, 5.41) is 11.0. The Bertz CT molecular complexity index is 581. The fourth-order valence-electron chi connectivity index (χ4n) is 1.58. The number of aryl methyl sites for hydroxylation is 1. The van der Waals surface area contributed by atoms with E-state index in [1.54, 1.807) is 37.3 Å². The molecule has 2 aromatic rings. The summed E-state index contributed by atoms with van der Waals surface area (Å²) in [6.45, 7) is 1.69. The lowest BCUT2D eigenvalue weighted by atomic mass is 10.2. The number of hydrogen-bond donors (Lipinski definition) is 0. The van der Waals surface area contributed by atoms with E-state index in [4.69, 9.17) is 4.74 Å². The van der Waals surface area contributed by atoms with E-state index in [-0.39, 0.29) is 11.4 Å². The van der Waals surface area contributed by atoms with Crippen molar-refractivity contribution in [3.63, 3.8) is 0 Å². The van der Waals surface area contributed by atoms with Crippen LogP contribution in [0.4, 0.5) is 5.69 Å². The normalized spacial score (nSPS) is 10.1. The largest absolute Gasteiger partial charge is 0.450 e. The fourth-order valence-corrected chi connectivity index (χ4v) is 1.94. The second-order valence-electron chi connectivity index (χ2n) is 3.73. The molecule has 0 aliphatic heterocycles. The van der Waals surface area contributed by atoms with Crippen molar-refractivity contribution in [2.45, 2.75) is 6.92 Å². The maximum Gasteiger partial charge on any atom is 0.314 e. The van der Waals surface area contributed by atoms with Crippen LogP contribution in [0.5, 0.6) is 11.5 Å². The van der Waals surface area contributed by atoms with Crippen LogP contribution in [0.15, 0.2) is 42.5 Å². The number of ether oxygens (including phenoxy) is 1. The monoisotopic (exact) mass is 355 g/mol. The first-order valence-corrected chi connectivity index (χ1v) is 6.33. The summed E-state index contributed by atoms with van der Waals surface area (Å²) in [6, 6.07) is 12.4. The average Bonchev–Trinajstić information content (AvgIpc) is 2.32. The highest BCUT2D eigenvalue weighted by Gasteiger charge is 2.18. The van der Waals surface area contributed by atoms with Gasteiger partial charge in [-0.2, -0.15) is 0 Å². The molecule has 0 aromatic heterocycles. The Balaban J connectivity index is 2.37. The first kappa shape index (κ1) is 12.8. The number of rotatable bonds is 3. The van der Waals surface area contributed by atoms with Crippen molar-refractivity contribution in [1.29, 1.82) is 0 Å². The standard InChI is InChI=1S/C13H10INO3/c1-9-3-2-4-12(13(9)15(16)17)18-11-7-5-10(14)6-8-11/h2-8H,1H3. The zero-order valence-corrected chi connectivity index (χ0v) is 11.7. The molecule has 0 radical (unpaired) electrons. The van der Waals surface area contributed by atoms with Gasteiger partial charge in [-0.1, -0.05) is 12.1 Å². The molecule has 4 nitrogen and oxygen atoms in total. The zero-order chi connectivity index (χ0) is 13.1. The topological polar surface area (TPSA) is 52.4 Å². The van der Waals surface area contributed by atoms with Crippen LogP contribution in [0, 0.1) is 20.6 Å². The van der Waals surface area contributed by atoms with Crippen LogP contribution in [-0.2, 0) is 0 Å². The second kappa shape index (κ2) is 5.34. The predicted octanol–water partition coefficient (Wildman–Crippen LogP) is 4.30. The lowest BCUT2D eigenvalue weighted by Crippen LogP contribution is -1.95.